The maximum absolute atomic E-state index is 5.53. The van der Waals surface area contributed by atoms with Crippen LogP contribution in [0.3, 0.4) is 0 Å². The molecule has 0 heteroatoms. The van der Waals surface area contributed by atoms with Gasteiger partial charge in [0.05, 0.1) is 0 Å². The van der Waals surface area contributed by atoms with Crippen molar-refractivity contribution in [2.45, 2.75) is 38.5 Å². The van der Waals surface area contributed by atoms with Crippen LogP contribution >= 0.6 is 0 Å². The Bertz CT molecular complexity index is 171. The third-order valence-corrected chi connectivity index (χ3v) is 3.28. The average Bonchev–Trinajstić information content (AvgIpc) is 2.29. The summed E-state index contributed by atoms with van der Waals surface area (Å²) in [5.74, 6) is 4.00. The molecule has 2 fully saturated rings. The molecule has 0 amide bonds. The molecule has 2 unspecified atom stereocenters. The molecule has 0 saturated heterocycles. The van der Waals surface area contributed by atoms with E-state index >= 15 is 0 Å². The molecule has 0 aromatic carbocycles. The van der Waals surface area contributed by atoms with Gasteiger partial charge in [-0.3, -0.25) is 0 Å². The Hall–Kier alpha value is -0.440. The third kappa shape index (κ3) is 0.770. The first-order valence-electron chi connectivity index (χ1n) is 4.32. The first-order chi connectivity index (χ1) is 4.85. The van der Waals surface area contributed by atoms with Gasteiger partial charge in [-0.15, -0.1) is 6.42 Å². The summed E-state index contributed by atoms with van der Waals surface area (Å²) in [6, 6.07) is 0. The lowest BCUT2D eigenvalue weighted by atomic mass is 9.77. The quantitative estimate of drug-likeness (QED) is 0.447. The topological polar surface area (TPSA) is 0 Å². The standard InChI is InChI=1S/C10H14/c1-2-10-6-3-4-9(8-10)5-7-10/h1,9H,3-8H2. The van der Waals surface area contributed by atoms with Gasteiger partial charge in [0.15, 0.2) is 0 Å². The first-order valence-corrected chi connectivity index (χ1v) is 4.32. The molecule has 2 rings (SSSR count). The molecule has 0 N–H and O–H groups in total. The Kier molecular flexibility index (Phi) is 1.27. The summed E-state index contributed by atoms with van der Waals surface area (Å²) >= 11 is 0. The van der Waals surface area contributed by atoms with Gasteiger partial charge < -0.3 is 0 Å². The lowest BCUT2D eigenvalue weighted by molar-refractivity contribution is 0.289. The minimum atomic E-state index is 0.364. The van der Waals surface area contributed by atoms with E-state index in [1.165, 1.54) is 38.5 Å². The molecule has 0 aromatic rings. The van der Waals surface area contributed by atoms with Crippen LogP contribution in [0.5, 0.6) is 0 Å². The zero-order chi connectivity index (χ0) is 7.03. The van der Waals surface area contributed by atoms with Crippen molar-refractivity contribution in [2.75, 3.05) is 0 Å². The second-order valence-electron chi connectivity index (χ2n) is 3.93. The van der Waals surface area contributed by atoms with Crippen molar-refractivity contribution in [3.05, 3.63) is 0 Å². The monoisotopic (exact) mass is 134 g/mol. The molecule has 2 saturated carbocycles. The Morgan fingerprint density at radius 2 is 2.20 bits per heavy atom. The molecule has 10 heavy (non-hydrogen) atoms. The van der Waals surface area contributed by atoms with Gasteiger partial charge in [-0.25, -0.2) is 0 Å². The molecule has 54 valence electrons. The number of hydrogen-bond donors (Lipinski definition) is 0. The lowest BCUT2D eigenvalue weighted by Gasteiger charge is -2.27. The summed E-state index contributed by atoms with van der Waals surface area (Å²) in [5, 5.41) is 0. The molecule has 0 radical (unpaired) electrons. The SMILES string of the molecule is C#CC12CCCC(CC1)C2. The highest BCUT2D eigenvalue weighted by Gasteiger charge is 2.40. The summed E-state index contributed by atoms with van der Waals surface area (Å²) < 4.78 is 0. The van der Waals surface area contributed by atoms with E-state index in [9.17, 15) is 0 Å². The smallest absolute Gasteiger partial charge is 0.0314 e. The summed E-state index contributed by atoms with van der Waals surface area (Å²) in [5.41, 5.74) is 0.364. The molecule has 0 aromatic heterocycles. The maximum Gasteiger partial charge on any atom is 0.0314 e. The number of rotatable bonds is 0. The molecule has 0 nitrogen and oxygen atoms in total. The molecule has 2 aliphatic rings. The Morgan fingerprint density at radius 1 is 1.30 bits per heavy atom. The summed E-state index contributed by atoms with van der Waals surface area (Å²) in [6.07, 6.45) is 13.7. The van der Waals surface area contributed by atoms with Crippen LogP contribution in [0.4, 0.5) is 0 Å². The van der Waals surface area contributed by atoms with Gasteiger partial charge in [-0.1, -0.05) is 18.8 Å². The van der Waals surface area contributed by atoms with Crippen molar-refractivity contribution in [1.29, 1.82) is 0 Å². The van der Waals surface area contributed by atoms with Crippen molar-refractivity contribution in [3.8, 4) is 12.3 Å². The fraction of sp³-hybridized carbons (Fsp3) is 0.800. The highest BCUT2D eigenvalue weighted by Crippen LogP contribution is 2.50. The largest absolute Gasteiger partial charge is 0.120 e. The van der Waals surface area contributed by atoms with E-state index < -0.39 is 0 Å². The minimum absolute atomic E-state index is 0.364. The van der Waals surface area contributed by atoms with Crippen LogP contribution in [0.2, 0.25) is 0 Å². The highest BCUT2D eigenvalue weighted by atomic mass is 14.4. The van der Waals surface area contributed by atoms with Crippen molar-refractivity contribution in [1.82, 2.24) is 0 Å². The predicted octanol–water partition coefficient (Wildman–Crippen LogP) is 2.59. The summed E-state index contributed by atoms with van der Waals surface area (Å²) in [4.78, 5) is 0. The van der Waals surface area contributed by atoms with Gasteiger partial charge in [-0.05, 0) is 31.6 Å². The lowest BCUT2D eigenvalue weighted by Crippen LogP contribution is -2.18. The Labute approximate surface area is 63.0 Å². The molecule has 2 aliphatic carbocycles. The van der Waals surface area contributed by atoms with Gasteiger partial charge >= 0.3 is 0 Å². The molecule has 0 aliphatic heterocycles. The average molecular weight is 134 g/mol. The Morgan fingerprint density at radius 3 is 2.90 bits per heavy atom. The fourth-order valence-electron chi connectivity index (χ4n) is 2.64. The van der Waals surface area contributed by atoms with Gasteiger partial charge in [-0.2, -0.15) is 0 Å². The van der Waals surface area contributed by atoms with Crippen molar-refractivity contribution >= 4 is 0 Å². The third-order valence-electron chi connectivity index (χ3n) is 3.28. The van der Waals surface area contributed by atoms with Crippen LogP contribution in [0.25, 0.3) is 0 Å². The normalized spacial score (nSPS) is 44.9. The van der Waals surface area contributed by atoms with Crippen LogP contribution in [0, 0.1) is 23.7 Å². The van der Waals surface area contributed by atoms with Gasteiger partial charge in [0, 0.05) is 5.41 Å². The zero-order valence-corrected chi connectivity index (χ0v) is 6.40. The van der Waals surface area contributed by atoms with Crippen molar-refractivity contribution in [3.63, 3.8) is 0 Å². The van der Waals surface area contributed by atoms with Crippen LogP contribution in [0.1, 0.15) is 38.5 Å². The van der Waals surface area contributed by atoms with Gasteiger partial charge in [0.25, 0.3) is 0 Å². The second kappa shape index (κ2) is 2.02. The minimum Gasteiger partial charge on any atom is -0.120 e. The van der Waals surface area contributed by atoms with E-state index in [4.69, 9.17) is 6.42 Å². The van der Waals surface area contributed by atoms with Crippen LogP contribution in [-0.4, -0.2) is 0 Å². The van der Waals surface area contributed by atoms with E-state index in [-0.39, 0.29) is 0 Å². The van der Waals surface area contributed by atoms with E-state index in [0.29, 0.717) is 5.41 Å². The first kappa shape index (κ1) is 6.28. The van der Waals surface area contributed by atoms with Crippen molar-refractivity contribution < 1.29 is 0 Å². The Balaban J connectivity index is 2.19. The van der Waals surface area contributed by atoms with Crippen LogP contribution in [-0.2, 0) is 0 Å². The van der Waals surface area contributed by atoms with E-state index in [0.717, 1.165) is 5.92 Å². The number of terminal acetylenes is 1. The van der Waals surface area contributed by atoms with Crippen LogP contribution in [0.15, 0.2) is 0 Å². The van der Waals surface area contributed by atoms with Crippen LogP contribution < -0.4 is 0 Å². The molecule has 0 spiro atoms. The molecule has 0 heterocycles. The highest BCUT2D eigenvalue weighted by molar-refractivity contribution is 5.11. The zero-order valence-electron chi connectivity index (χ0n) is 6.40. The van der Waals surface area contributed by atoms with Crippen molar-refractivity contribution in [2.24, 2.45) is 11.3 Å². The fourth-order valence-corrected chi connectivity index (χ4v) is 2.64. The van der Waals surface area contributed by atoms with E-state index in [1.807, 2.05) is 0 Å². The molecular formula is C10H14. The molecule has 2 bridgehead atoms. The molecular weight excluding hydrogens is 120 g/mol. The molecule has 2 atom stereocenters. The number of hydrogen-bond acceptors (Lipinski definition) is 0. The van der Waals surface area contributed by atoms with E-state index in [2.05, 4.69) is 5.92 Å². The maximum atomic E-state index is 5.53. The van der Waals surface area contributed by atoms with Gasteiger partial charge in [0.1, 0.15) is 0 Å². The summed E-state index contributed by atoms with van der Waals surface area (Å²) in [7, 11) is 0. The second-order valence-corrected chi connectivity index (χ2v) is 3.93. The predicted molar refractivity (Wildman–Crippen MR) is 42.5 cm³/mol. The summed E-state index contributed by atoms with van der Waals surface area (Å²) in [6.45, 7) is 0. The van der Waals surface area contributed by atoms with Gasteiger partial charge in [0.2, 0.25) is 0 Å². The van der Waals surface area contributed by atoms with E-state index in [1.54, 1.807) is 0 Å². The number of fused-ring (bicyclic) bond motifs is 2.